The highest BCUT2D eigenvalue weighted by atomic mass is 30.3. The molecule has 0 aromatic carbocycles. The fourth-order valence-corrected chi connectivity index (χ4v) is 99.6. The van der Waals surface area contributed by atoms with Crippen molar-refractivity contribution in [1.82, 2.24) is 0 Å². The van der Waals surface area contributed by atoms with Gasteiger partial charge in [-0.2, -0.15) is 0 Å². The second-order valence-electron chi connectivity index (χ2n) is 1.88. The van der Waals surface area contributed by atoms with Crippen molar-refractivity contribution < 1.29 is 0 Å². The average molecular weight is 255 g/mol. The Kier molecular flexibility index (Phi) is 4.60. The lowest BCUT2D eigenvalue weighted by Gasteiger charge is -2.30. The molecule has 0 spiro atoms. The van der Waals surface area contributed by atoms with Gasteiger partial charge in [0.15, 0.2) is 0 Å². The number of rotatable bonds is 2. The smallest absolute Gasteiger partial charge is 0.0148 e. The first-order valence-electron chi connectivity index (χ1n) is 3.00. The van der Waals surface area contributed by atoms with Crippen molar-refractivity contribution in [2.75, 3.05) is 0 Å². The van der Waals surface area contributed by atoms with Crippen LogP contribution >= 0.6 is 0 Å². The third-order valence-electron chi connectivity index (χ3n) is 1.38. The molecule has 0 aromatic rings. The molecule has 0 nitrogen and oxygen atoms in total. The van der Waals surface area contributed by atoms with E-state index in [0.29, 0.717) is 0 Å². The van der Waals surface area contributed by atoms with Gasteiger partial charge in [-0.3, -0.25) is 0 Å². The molecular weight excluding hydrogens is 249 g/mol. The van der Waals surface area contributed by atoms with Crippen LogP contribution in [0.15, 0.2) is 0 Å². The third kappa shape index (κ3) is 2.36. The molecule has 46 valence electrons. The van der Waals surface area contributed by atoms with E-state index in [2.05, 4.69) is 13.1 Å². The second-order valence-corrected chi connectivity index (χ2v) is 41.6. The van der Waals surface area contributed by atoms with E-state index in [1.54, 1.807) is 0 Å². The molecule has 0 unspecified atom stereocenters. The van der Waals surface area contributed by atoms with Gasteiger partial charge in [0, 0.05) is 67.0 Å². The van der Waals surface area contributed by atoms with E-state index in [-0.39, 0.29) is 0 Å². The monoisotopic (exact) mass is 254 g/mol. The number of hydrogen-bond donors (Lipinski definition) is 0. The lowest BCUT2D eigenvalue weighted by Crippen LogP contribution is -2.67. The van der Waals surface area contributed by atoms with Crippen LogP contribution in [0.2, 0.25) is 13.1 Å². The van der Waals surface area contributed by atoms with E-state index in [9.17, 15) is 0 Å². The van der Waals surface area contributed by atoms with E-state index >= 15 is 0 Å². The summed E-state index contributed by atoms with van der Waals surface area (Å²) in [7, 11) is 9.95. The van der Waals surface area contributed by atoms with Gasteiger partial charge in [0.25, 0.3) is 0 Å². The van der Waals surface area contributed by atoms with Gasteiger partial charge < -0.3 is 0 Å². The highest BCUT2D eigenvalue weighted by molar-refractivity contribution is 8.02. The quantitative estimate of drug-likeness (QED) is 0.506. The van der Waals surface area contributed by atoms with E-state index in [4.69, 9.17) is 0 Å². The Morgan fingerprint density at radius 3 is 1.70 bits per heavy atom. The predicted molar refractivity (Wildman–Crippen MR) is 57.8 cm³/mol. The minimum Gasteiger partial charge on any atom is -0.0761 e. The molecule has 0 N–H and O–H groups in total. The van der Waals surface area contributed by atoms with Gasteiger partial charge in [0.2, 0.25) is 0 Å². The van der Waals surface area contributed by atoms with E-state index in [1.807, 2.05) is 0 Å². The molecule has 0 bridgehead atoms. The SMILES string of the molecule is C[Si][Si]1([Si]C)[Si][Si][Si][Si][Si]1. The zero-order valence-electron chi connectivity index (χ0n) is 6.00. The number of hydrogen-bond acceptors (Lipinski definition) is 0. The maximum absolute atomic E-state index is 2.48. The van der Waals surface area contributed by atoms with Crippen LogP contribution in [0, 0.1) is 0 Å². The van der Waals surface area contributed by atoms with Gasteiger partial charge in [0.1, 0.15) is 0 Å². The molecule has 0 atom stereocenters. The highest BCUT2D eigenvalue weighted by Gasteiger charge is 2.31. The van der Waals surface area contributed by atoms with Crippen LogP contribution in [0.4, 0.5) is 0 Å². The van der Waals surface area contributed by atoms with Gasteiger partial charge in [0.05, 0.1) is 0 Å². The van der Waals surface area contributed by atoms with Crippen LogP contribution < -0.4 is 0 Å². The van der Waals surface area contributed by atoms with Crippen molar-refractivity contribution in [3.8, 4) is 0 Å². The maximum atomic E-state index is 2.48. The first-order valence-corrected chi connectivity index (χ1v) is 21.0. The molecule has 1 rings (SSSR count). The summed E-state index contributed by atoms with van der Waals surface area (Å²) >= 11 is 0. The Bertz CT molecular complexity index is 89.4. The molecular formula is C2H6Si8. The summed E-state index contributed by atoms with van der Waals surface area (Å²) in [5, 5.41) is 0. The molecule has 0 saturated carbocycles. The largest absolute Gasteiger partial charge is 0.0761 e. The van der Waals surface area contributed by atoms with E-state index in [0.717, 1.165) is 0 Å². The first kappa shape index (κ1) is 9.82. The predicted octanol–water partition coefficient (Wildman–Crippen LogP) is -1.88. The molecule has 10 heavy (non-hydrogen) atoms. The highest BCUT2D eigenvalue weighted by Crippen LogP contribution is 1.96. The summed E-state index contributed by atoms with van der Waals surface area (Å²) in [5.74, 6) is 0. The summed E-state index contributed by atoms with van der Waals surface area (Å²) < 4.78 is 0. The molecule has 14 radical (unpaired) electrons. The molecule has 1 saturated heterocycles. The van der Waals surface area contributed by atoms with Gasteiger partial charge >= 0.3 is 0 Å². The van der Waals surface area contributed by atoms with E-state index < -0.39 is 6.14 Å². The Hall–Kier alpha value is 1.74. The summed E-state index contributed by atoms with van der Waals surface area (Å²) in [6.07, 6.45) is -0.488. The van der Waals surface area contributed by atoms with Crippen molar-refractivity contribution in [2.24, 2.45) is 0 Å². The third-order valence-corrected chi connectivity index (χ3v) is 70.9. The summed E-state index contributed by atoms with van der Waals surface area (Å²) in [6.45, 7) is 4.96. The lowest BCUT2D eigenvalue weighted by molar-refractivity contribution is 2.32. The van der Waals surface area contributed by atoms with Gasteiger partial charge in [-0.1, -0.05) is 13.1 Å². The standard InChI is InChI=1S/C2H6Si8/c1-3-10(4-2)8-6-5-7-9-10/h1-2H3. The Labute approximate surface area is 79.8 Å². The first-order chi connectivity index (χ1) is 4.83. The lowest BCUT2D eigenvalue weighted by atomic mass is 11.9. The van der Waals surface area contributed by atoms with Gasteiger partial charge in [-0.25, -0.2) is 0 Å². The van der Waals surface area contributed by atoms with Gasteiger partial charge in [-0.05, 0) is 0 Å². The van der Waals surface area contributed by atoms with Crippen molar-refractivity contribution in [3.63, 3.8) is 0 Å². The van der Waals surface area contributed by atoms with Crippen LogP contribution in [-0.4, -0.2) is 67.0 Å². The van der Waals surface area contributed by atoms with Crippen LogP contribution in [-0.2, 0) is 0 Å². The Morgan fingerprint density at radius 1 is 0.900 bits per heavy atom. The normalized spacial score (nSPS) is 24.6. The van der Waals surface area contributed by atoms with Crippen molar-refractivity contribution >= 4 is 67.0 Å². The average Bonchev–Trinajstić information content (AvgIpc) is 2.06. The van der Waals surface area contributed by atoms with Gasteiger partial charge in [-0.15, -0.1) is 0 Å². The van der Waals surface area contributed by atoms with Crippen molar-refractivity contribution in [1.29, 1.82) is 0 Å². The van der Waals surface area contributed by atoms with Crippen LogP contribution in [0.25, 0.3) is 0 Å². The Morgan fingerprint density at radius 2 is 1.40 bits per heavy atom. The molecule has 1 heterocycles. The maximum Gasteiger partial charge on any atom is 0.0148 e. The summed E-state index contributed by atoms with van der Waals surface area (Å²) in [6, 6.07) is 0. The topological polar surface area (TPSA) is 0 Å². The van der Waals surface area contributed by atoms with Crippen LogP contribution in [0.5, 0.6) is 0 Å². The molecule has 1 aliphatic rings. The van der Waals surface area contributed by atoms with Crippen LogP contribution in [0.3, 0.4) is 0 Å². The molecule has 0 aliphatic carbocycles. The minimum atomic E-state index is -0.488. The molecule has 1 aliphatic heterocycles. The molecule has 8 heteroatoms. The van der Waals surface area contributed by atoms with Crippen LogP contribution in [0.1, 0.15) is 0 Å². The zero-order valence-corrected chi connectivity index (χ0v) is 14.0. The summed E-state index contributed by atoms with van der Waals surface area (Å²) in [5.41, 5.74) is 0. The minimum absolute atomic E-state index is 0.488. The Balaban J connectivity index is 2.44. The summed E-state index contributed by atoms with van der Waals surface area (Å²) in [4.78, 5) is 0. The molecule has 0 amide bonds. The fourth-order valence-electron chi connectivity index (χ4n) is 0.688. The fraction of sp³-hybridized carbons (Fsp3) is 1.00. The molecule has 1 fully saturated rings. The molecule has 0 aromatic heterocycles. The second kappa shape index (κ2) is 4.69. The zero-order chi connectivity index (χ0) is 7.45. The van der Waals surface area contributed by atoms with E-state index in [1.165, 1.54) is 60.8 Å². The van der Waals surface area contributed by atoms with Crippen molar-refractivity contribution in [2.45, 2.75) is 13.1 Å². The van der Waals surface area contributed by atoms with Crippen molar-refractivity contribution in [3.05, 3.63) is 0 Å².